The Hall–Kier alpha value is -2.76. The number of fused-ring (bicyclic) bond motifs is 1. The highest BCUT2D eigenvalue weighted by Gasteiger charge is 2.13. The van der Waals surface area contributed by atoms with Crippen molar-refractivity contribution in [3.8, 4) is 5.75 Å². The minimum atomic E-state index is -0.204. The first-order chi connectivity index (χ1) is 14.2. The van der Waals surface area contributed by atoms with Crippen molar-refractivity contribution < 1.29 is 4.74 Å². The standard InChI is InChI=1S/C23H19ClN2O2S/c1-2-28-18-10-12-19(13-11-18)29-22-21(24)14-25-26(23(22)27)15-17-8-5-7-16-6-3-4-9-20(16)17/h3-14H,2,15H2,1H3. The van der Waals surface area contributed by atoms with Gasteiger partial charge in [-0.05, 0) is 47.5 Å². The van der Waals surface area contributed by atoms with Crippen LogP contribution in [-0.2, 0) is 6.54 Å². The number of ether oxygens (including phenoxy) is 1. The Bertz CT molecular complexity index is 1200. The van der Waals surface area contributed by atoms with Gasteiger partial charge in [-0.15, -0.1) is 0 Å². The third-order valence-corrected chi connectivity index (χ3v) is 6.02. The third-order valence-electron chi connectivity index (χ3n) is 4.51. The molecule has 0 aliphatic heterocycles. The molecular formula is C23H19ClN2O2S. The van der Waals surface area contributed by atoms with E-state index in [1.165, 1.54) is 22.6 Å². The van der Waals surface area contributed by atoms with E-state index in [9.17, 15) is 4.79 Å². The zero-order valence-corrected chi connectivity index (χ0v) is 17.4. The first-order valence-electron chi connectivity index (χ1n) is 9.28. The van der Waals surface area contributed by atoms with Crippen molar-refractivity contribution in [3.63, 3.8) is 0 Å². The number of nitrogens with zero attached hydrogens (tertiary/aromatic N) is 2. The summed E-state index contributed by atoms with van der Waals surface area (Å²) < 4.78 is 6.93. The van der Waals surface area contributed by atoms with E-state index < -0.39 is 0 Å². The molecule has 0 aliphatic carbocycles. The summed E-state index contributed by atoms with van der Waals surface area (Å²) in [4.78, 5) is 14.5. The topological polar surface area (TPSA) is 44.1 Å². The lowest BCUT2D eigenvalue weighted by atomic mass is 10.0. The predicted molar refractivity (Wildman–Crippen MR) is 118 cm³/mol. The summed E-state index contributed by atoms with van der Waals surface area (Å²) >= 11 is 7.64. The van der Waals surface area contributed by atoms with E-state index in [1.54, 1.807) is 0 Å². The van der Waals surface area contributed by atoms with Crippen LogP contribution in [0.15, 0.2) is 87.5 Å². The van der Waals surface area contributed by atoms with Crippen molar-refractivity contribution >= 4 is 34.1 Å². The van der Waals surface area contributed by atoms with E-state index in [-0.39, 0.29) is 5.56 Å². The van der Waals surface area contributed by atoms with Crippen LogP contribution in [0.5, 0.6) is 5.75 Å². The minimum Gasteiger partial charge on any atom is -0.494 e. The molecule has 0 saturated heterocycles. The molecule has 6 heteroatoms. The average molecular weight is 423 g/mol. The van der Waals surface area contributed by atoms with Crippen LogP contribution < -0.4 is 10.3 Å². The SMILES string of the molecule is CCOc1ccc(Sc2c(Cl)cnn(Cc3cccc4ccccc34)c2=O)cc1. The van der Waals surface area contributed by atoms with Gasteiger partial charge in [0.05, 0.1) is 29.3 Å². The second kappa shape index (κ2) is 8.72. The third kappa shape index (κ3) is 4.31. The van der Waals surface area contributed by atoms with Gasteiger partial charge in [0.1, 0.15) is 5.75 Å². The molecule has 0 unspecified atom stereocenters. The Morgan fingerprint density at radius 3 is 2.59 bits per heavy atom. The van der Waals surface area contributed by atoms with Crippen LogP contribution >= 0.6 is 23.4 Å². The fourth-order valence-electron chi connectivity index (χ4n) is 3.14. The lowest BCUT2D eigenvalue weighted by Crippen LogP contribution is -2.24. The molecule has 3 aromatic carbocycles. The quantitative estimate of drug-likeness (QED) is 0.403. The lowest BCUT2D eigenvalue weighted by Gasteiger charge is -2.11. The summed E-state index contributed by atoms with van der Waals surface area (Å²) in [5.41, 5.74) is 0.835. The van der Waals surface area contributed by atoms with E-state index in [1.807, 2.05) is 55.5 Å². The summed E-state index contributed by atoms with van der Waals surface area (Å²) in [7, 11) is 0. The molecule has 1 aromatic heterocycles. The fourth-order valence-corrected chi connectivity index (χ4v) is 4.23. The largest absolute Gasteiger partial charge is 0.494 e. The maximum Gasteiger partial charge on any atom is 0.282 e. The van der Waals surface area contributed by atoms with Gasteiger partial charge in [0.15, 0.2) is 0 Å². The van der Waals surface area contributed by atoms with Gasteiger partial charge in [0.25, 0.3) is 5.56 Å². The van der Waals surface area contributed by atoms with Gasteiger partial charge < -0.3 is 4.74 Å². The monoisotopic (exact) mass is 422 g/mol. The number of rotatable bonds is 6. The lowest BCUT2D eigenvalue weighted by molar-refractivity contribution is 0.340. The molecule has 0 bridgehead atoms. The second-order valence-electron chi connectivity index (χ2n) is 6.43. The van der Waals surface area contributed by atoms with Crippen LogP contribution in [0.25, 0.3) is 10.8 Å². The Labute approximate surface area is 178 Å². The van der Waals surface area contributed by atoms with Gasteiger partial charge in [0.2, 0.25) is 0 Å². The molecule has 0 aliphatic rings. The van der Waals surface area contributed by atoms with Gasteiger partial charge in [-0.25, -0.2) is 4.68 Å². The minimum absolute atomic E-state index is 0.204. The molecule has 1 heterocycles. The molecule has 0 spiro atoms. The number of hydrogen-bond acceptors (Lipinski definition) is 4. The van der Waals surface area contributed by atoms with Crippen molar-refractivity contribution in [1.29, 1.82) is 0 Å². The molecule has 0 radical (unpaired) electrons. The van der Waals surface area contributed by atoms with Crippen molar-refractivity contribution in [3.05, 3.63) is 93.9 Å². The van der Waals surface area contributed by atoms with Crippen molar-refractivity contribution in [2.75, 3.05) is 6.61 Å². The number of halogens is 1. The summed E-state index contributed by atoms with van der Waals surface area (Å²) in [6.45, 7) is 2.94. The summed E-state index contributed by atoms with van der Waals surface area (Å²) in [6.07, 6.45) is 1.53. The molecule has 0 saturated carbocycles. The fraction of sp³-hybridized carbons (Fsp3) is 0.130. The van der Waals surface area contributed by atoms with Crippen LogP contribution in [0, 0.1) is 0 Å². The van der Waals surface area contributed by atoms with E-state index in [2.05, 4.69) is 23.3 Å². The molecule has 0 fully saturated rings. The Kier molecular flexibility index (Phi) is 5.88. The maximum atomic E-state index is 13.1. The molecular weight excluding hydrogens is 404 g/mol. The van der Waals surface area contributed by atoms with E-state index >= 15 is 0 Å². The highest BCUT2D eigenvalue weighted by Crippen LogP contribution is 2.31. The van der Waals surface area contributed by atoms with Crippen molar-refractivity contribution in [1.82, 2.24) is 9.78 Å². The molecule has 0 amide bonds. The summed E-state index contributed by atoms with van der Waals surface area (Å²) in [5, 5.41) is 6.86. The van der Waals surface area contributed by atoms with Gasteiger partial charge in [-0.1, -0.05) is 65.8 Å². The summed E-state index contributed by atoms with van der Waals surface area (Å²) in [5.74, 6) is 0.797. The van der Waals surface area contributed by atoms with Gasteiger partial charge in [0, 0.05) is 4.90 Å². The first kappa shape index (κ1) is 19.6. The molecule has 146 valence electrons. The van der Waals surface area contributed by atoms with Gasteiger partial charge in [-0.3, -0.25) is 4.79 Å². The summed E-state index contributed by atoms with van der Waals surface area (Å²) in [6, 6.07) is 21.8. The predicted octanol–water partition coefficient (Wildman–Crippen LogP) is 5.65. The number of hydrogen-bond donors (Lipinski definition) is 0. The van der Waals surface area contributed by atoms with E-state index in [0.29, 0.717) is 23.1 Å². The molecule has 4 nitrogen and oxygen atoms in total. The molecule has 0 atom stereocenters. The molecule has 4 rings (SSSR count). The van der Waals surface area contributed by atoms with Gasteiger partial charge >= 0.3 is 0 Å². The second-order valence-corrected chi connectivity index (χ2v) is 7.92. The van der Waals surface area contributed by atoms with Crippen LogP contribution in [0.1, 0.15) is 12.5 Å². The van der Waals surface area contributed by atoms with Crippen LogP contribution in [0.2, 0.25) is 5.02 Å². The molecule has 4 aromatic rings. The number of aromatic nitrogens is 2. The molecule has 29 heavy (non-hydrogen) atoms. The van der Waals surface area contributed by atoms with Crippen LogP contribution in [0.3, 0.4) is 0 Å². The van der Waals surface area contributed by atoms with Crippen LogP contribution in [0.4, 0.5) is 0 Å². The zero-order chi connectivity index (χ0) is 20.2. The van der Waals surface area contributed by atoms with Crippen LogP contribution in [-0.4, -0.2) is 16.4 Å². The highest BCUT2D eigenvalue weighted by molar-refractivity contribution is 7.99. The first-order valence-corrected chi connectivity index (χ1v) is 10.5. The van der Waals surface area contributed by atoms with Gasteiger partial charge in [-0.2, -0.15) is 5.10 Å². The molecule has 0 N–H and O–H groups in total. The zero-order valence-electron chi connectivity index (χ0n) is 15.8. The Balaban J connectivity index is 1.65. The van der Waals surface area contributed by atoms with E-state index in [0.717, 1.165) is 27.0 Å². The van der Waals surface area contributed by atoms with Crippen molar-refractivity contribution in [2.24, 2.45) is 0 Å². The Morgan fingerprint density at radius 2 is 1.79 bits per heavy atom. The van der Waals surface area contributed by atoms with Crippen molar-refractivity contribution in [2.45, 2.75) is 23.3 Å². The highest BCUT2D eigenvalue weighted by atomic mass is 35.5. The Morgan fingerprint density at radius 1 is 1.03 bits per heavy atom. The average Bonchev–Trinajstić information content (AvgIpc) is 2.75. The van der Waals surface area contributed by atoms with E-state index in [4.69, 9.17) is 16.3 Å². The maximum absolute atomic E-state index is 13.1. The normalized spacial score (nSPS) is 11.0. The smallest absolute Gasteiger partial charge is 0.282 e. The number of benzene rings is 3.